The fourth-order valence-corrected chi connectivity index (χ4v) is 7.51. The van der Waals surface area contributed by atoms with E-state index in [1.54, 1.807) is 0 Å². The molecule has 2 saturated heterocycles. The second-order valence-electron chi connectivity index (χ2n) is 11.1. The highest BCUT2D eigenvalue weighted by Gasteiger charge is 2.47. The number of piperidine rings is 1. The Bertz CT molecular complexity index is 1430. The average Bonchev–Trinajstić information content (AvgIpc) is 3.25. The molecule has 2 saturated carbocycles. The third kappa shape index (κ3) is 4.92. The second-order valence-corrected chi connectivity index (χ2v) is 12.1. The van der Waals surface area contributed by atoms with Crippen molar-refractivity contribution in [2.75, 3.05) is 24.7 Å². The van der Waals surface area contributed by atoms with Crippen LogP contribution in [0, 0.1) is 5.92 Å². The van der Waals surface area contributed by atoms with E-state index in [-0.39, 0.29) is 29.1 Å². The molecule has 1 N–H and O–H groups in total. The van der Waals surface area contributed by atoms with Crippen molar-refractivity contribution in [3.63, 3.8) is 0 Å². The summed E-state index contributed by atoms with van der Waals surface area (Å²) in [5.74, 6) is 0.0532. The highest BCUT2D eigenvalue weighted by Crippen LogP contribution is 2.47. The van der Waals surface area contributed by atoms with Crippen LogP contribution in [0.5, 0.6) is 5.75 Å². The molecule has 0 unspecified atom stereocenters. The van der Waals surface area contributed by atoms with Crippen molar-refractivity contribution in [3.8, 4) is 5.75 Å². The first-order valence-electron chi connectivity index (χ1n) is 13.6. The van der Waals surface area contributed by atoms with Crippen LogP contribution in [-0.2, 0) is 16.1 Å². The summed E-state index contributed by atoms with van der Waals surface area (Å²) in [6.45, 7) is 2.59. The molecule has 9 nitrogen and oxygen atoms in total. The first-order valence-corrected chi connectivity index (χ1v) is 14.4. The summed E-state index contributed by atoms with van der Waals surface area (Å²) in [5, 5.41) is 14.4. The molecule has 7 rings (SSSR count). The van der Waals surface area contributed by atoms with Crippen molar-refractivity contribution < 1.29 is 41.8 Å². The van der Waals surface area contributed by atoms with E-state index < -0.39 is 18.1 Å². The van der Waals surface area contributed by atoms with Gasteiger partial charge in [0, 0.05) is 49.1 Å². The van der Waals surface area contributed by atoms with Crippen LogP contribution in [0.3, 0.4) is 0 Å². The maximum atomic E-state index is 13.0. The number of ether oxygens (including phenoxy) is 3. The molecular weight excluding hydrogens is 551 g/mol. The maximum absolute atomic E-state index is 13.0. The van der Waals surface area contributed by atoms with Crippen LogP contribution >= 0.6 is 11.3 Å². The van der Waals surface area contributed by atoms with E-state index in [1.165, 1.54) is 17.4 Å². The summed E-state index contributed by atoms with van der Waals surface area (Å²) in [6, 6.07) is 2.35. The van der Waals surface area contributed by atoms with Crippen LogP contribution in [0.2, 0.25) is 0 Å². The number of aromatic carboxylic acids is 1. The Morgan fingerprint density at radius 1 is 1.15 bits per heavy atom. The van der Waals surface area contributed by atoms with Crippen LogP contribution in [0.1, 0.15) is 77.7 Å². The summed E-state index contributed by atoms with van der Waals surface area (Å²) in [4.78, 5) is 18.1. The second kappa shape index (κ2) is 9.88. The van der Waals surface area contributed by atoms with E-state index in [0.717, 1.165) is 74.8 Å². The Morgan fingerprint density at radius 2 is 1.95 bits per heavy atom. The van der Waals surface area contributed by atoms with E-state index in [2.05, 4.69) is 19.8 Å². The Balaban J connectivity index is 1.07. The van der Waals surface area contributed by atoms with Crippen molar-refractivity contribution >= 4 is 32.7 Å². The quantitative estimate of drug-likeness (QED) is 0.352. The zero-order valence-electron chi connectivity index (χ0n) is 21.5. The minimum Gasteiger partial charge on any atom is -0.478 e. The van der Waals surface area contributed by atoms with Gasteiger partial charge in [0.15, 0.2) is 10.9 Å². The molecule has 0 amide bonds. The van der Waals surface area contributed by atoms with E-state index in [4.69, 9.17) is 14.0 Å². The summed E-state index contributed by atoms with van der Waals surface area (Å²) in [6.07, 6.45) is 0.872. The fraction of sp³-hybridized carbons (Fsp3) is 0.593. The molecule has 40 heavy (non-hydrogen) atoms. The van der Waals surface area contributed by atoms with Gasteiger partial charge in [0.2, 0.25) is 0 Å². The average molecular weight is 580 g/mol. The zero-order valence-corrected chi connectivity index (χ0v) is 22.3. The largest absolute Gasteiger partial charge is 0.573 e. The number of benzene rings is 1. The van der Waals surface area contributed by atoms with Gasteiger partial charge in [-0.05, 0) is 50.7 Å². The lowest BCUT2D eigenvalue weighted by molar-refractivity contribution is -0.274. The Labute approximate surface area is 231 Å². The van der Waals surface area contributed by atoms with E-state index in [1.807, 2.05) is 0 Å². The summed E-state index contributed by atoms with van der Waals surface area (Å²) >= 11 is 1.18. The molecule has 4 heterocycles. The number of carboxylic acids is 1. The summed E-state index contributed by atoms with van der Waals surface area (Å²) in [5.41, 5.74) is 1.85. The van der Waals surface area contributed by atoms with Crippen LogP contribution in [0.15, 0.2) is 16.7 Å². The molecule has 0 spiro atoms. The van der Waals surface area contributed by atoms with Gasteiger partial charge in [0.25, 0.3) is 0 Å². The maximum Gasteiger partial charge on any atom is 0.573 e. The molecule has 1 aromatic carbocycles. The van der Waals surface area contributed by atoms with Crippen LogP contribution in [0.25, 0.3) is 10.2 Å². The monoisotopic (exact) mass is 579 g/mol. The molecule has 3 atom stereocenters. The van der Waals surface area contributed by atoms with Crippen molar-refractivity contribution in [1.29, 1.82) is 0 Å². The molecular formula is C27H28F3N3O6S. The molecule has 4 fully saturated rings. The minimum absolute atomic E-state index is 0.0126. The van der Waals surface area contributed by atoms with Gasteiger partial charge in [0.1, 0.15) is 11.3 Å². The molecule has 2 aliphatic carbocycles. The number of alkyl halides is 3. The number of hydrogen-bond donors (Lipinski definition) is 1. The lowest BCUT2D eigenvalue weighted by atomic mass is 9.92. The zero-order chi connectivity index (χ0) is 27.6. The fourth-order valence-electron chi connectivity index (χ4n) is 6.41. The van der Waals surface area contributed by atoms with Crippen molar-refractivity contribution in [2.45, 2.75) is 75.5 Å². The van der Waals surface area contributed by atoms with Crippen LogP contribution in [-0.4, -0.2) is 59.5 Å². The number of rotatable bonds is 8. The first-order chi connectivity index (χ1) is 19.2. The van der Waals surface area contributed by atoms with Gasteiger partial charge in [-0.15, -0.1) is 13.2 Å². The lowest BCUT2D eigenvalue weighted by Gasteiger charge is -2.31. The molecule has 0 radical (unpaired) electrons. The number of anilines is 1. The third-order valence-corrected chi connectivity index (χ3v) is 9.53. The Kier molecular flexibility index (Phi) is 6.43. The van der Waals surface area contributed by atoms with Gasteiger partial charge in [-0.25, -0.2) is 9.78 Å². The summed E-state index contributed by atoms with van der Waals surface area (Å²) < 4.78 is 61.4. The number of nitrogens with zero attached hydrogens (tertiary/aromatic N) is 3. The van der Waals surface area contributed by atoms with Gasteiger partial charge >= 0.3 is 12.3 Å². The number of thiazole rings is 1. The van der Waals surface area contributed by atoms with E-state index in [9.17, 15) is 23.1 Å². The summed E-state index contributed by atoms with van der Waals surface area (Å²) in [7, 11) is 0. The number of hydrogen-bond acceptors (Lipinski definition) is 9. The molecule has 3 aromatic rings. The number of fused-ring (bicyclic) bond motifs is 3. The van der Waals surface area contributed by atoms with Gasteiger partial charge in [-0.1, -0.05) is 16.5 Å². The van der Waals surface area contributed by atoms with Crippen LogP contribution in [0.4, 0.5) is 18.3 Å². The van der Waals surface area contributed by atoms with Gasteiger partial charge < -0.3 is 28.7 Å². The topological polar surface area (TPSA) is 107 Å². The number of carbonyl (C=O) groups is 1. The third-order valence-electron chi connectivity index (χ3n) is 8.49. The van der Waals surface area contributed by atoms with E-state index in [0.29, 0.717) is 34.8 Å². The van der Waals surface area contributed by atoms with Crippen molar-refractivity contribution in [2.24, 2.45) is 5.92 Å². The highest BCUT2D eigenvalue weighted by molar-refractivity contribution is 7.22. The molecule has 2 aromatic heterocycles. The Morgan fingerprint density at radius 3 is 2.62 bits per heavy atom. The normalized spacial score (nSPS) is 25.3. The molecule has 214 valence electrons. The number of halogens is 3. The van der Waals surface area contributed by atoms with E-state index >= 15 is 0 Å². The number of aromatic nitrogens is 2. The molecule has 2 bridgehead atoms. The molecule has 13 heteroatoms. The highest BCUT2D eigenvalue weighted by atomic mass is 32.1. The smallest absolute Gasteiger partial charge is 0.478 e. The van der Waals surface area contributed by atoms with Crippen molar-refractivity contribution in [1.82, 2.24) is 10.1 Å². The lowest BCUT2D eigenvalue weighted by Crippen LogP contribution is -2.38. The SMILES string of the molecule is O=C(O)c1cc(OC(F)(F)F)c2nc(N3C[C@@H]4C[C@H]3C[C@H]4OCc3c(C4CCOCC4)noc3C3CC3)sc2c1. The van der Waals surface area contributed by atoms with Crippen molar-refractivity contribution in [3.05, 3.63) is 34.7 Å². The van der Waals surface area contributed by atoms with Crippen LogP contribution < -0.4 is 9.64 Å². The van der Waals surface area contributed by atoms with Gasteiger partial charge in [-0.3, -0.25) is 0 Å². The Hall–Kier alpha value is -2.90. The standard InChI is InChI=1S/C27H28F3N3O6S/c28-27(29,30)38-20-8-15(25(34)35)9-21-23(20)31-26(40-21)33-11-16-7-17(33)10-19(16)37-12-18-22(13-3-5-36-6-4-13)32-39-24(18)14-1-2-14/h8-9,13-14,16-17,19H,1-7,10-12H2,(H,34,35)/t16-,17-,19+/m0/s1. The van der Waals surface area contributed by atoms with Gasteiger partial charge in [-0.2, -0.15) is 0 Å². The number of carboxylic acid groups (broad SMARTS) is 1. The predicted octanol–water partition coefficient (Wildman–Crippen LogP) is 5.84. The molecule has 2 aliphatic heterocycles. The predicted molar refractivity (Wildman–Crippen MR) is 137 cm³/mol. The molecule has 4 aliphatic rings. The minimum atomic E-state index is -4.96. The first kappa shape index (κ1) is 26.0. The van der Waals surface area contributed by atoms with Gasteiger partial charge in [0.05, 0.1) is 28.7 Å².